The van der Waals surface area contributed by atoms with E-state index in [0.29, 0.717) is 0 Å². The summed E-state index contributed by atoms with van der Waals surface area (Å²) in [6.07, 6.45) is 13.6. The Morgan fingerprint density at radius 3 is 1.38 bits per heavy atom. The number of hydrogen-bond donors (Lipinski definition) is 0. The first kappa shape index (κ1) is 11.4. The van der Waals surface area contributed by atoms with E-state index in [-0.39, 0.29) is 4.87 Å². The Labute approximate surface area is 88.1 Å². The van der Waals surface area contributed by atoms with Gasteiger partial charge >= 0.3 is 0 Å². The quantitative estimate of drug-likeness (QED) is 0.491. The van der Waals surface area contributed by atoms with Crippen molar-refractivity contribution in [2.75, 3.05) is 0 Å². The minimum Gasteiger partial charge on any atom is -0.120 e. The van der Waals surface area contributed by atoms with E-state index >= 15 is 0 Å². The number of rotatable bonds is 0. The molecule has 0 nitrogen and oxygen atoms in total. The van der Waals surface area contributed by atoms with Crippen molar-refractivity contribution >= 4 is 11.6 Å². The number of alkyl halides is 1. The Morgan fingerprint density at radius 1 is 0.692 bits per heavy atom. The van der Waals surface area contributed by atoms with Crippen LogP contribution in [0.25, 0.3) is 0 Å². The monoisotopic (exact) mass is 202 g/mol. The van der Waals surface area contributed by atoms with Crippen LogP contribution in [0.15, 0.2) is 0 Å². The molecule has 0 bridgehead atoms. The summed E-state index contributed by atoms with van der Waals surface area (Å²) in [7, 11) is 0. The fourth-order valence-electron chi connectivity index (χ4n) is 2.17. The molecule has 0 atom stereocenters. The van der Waals surface area contributed by atoms with Gasteiger partial charge in [0, 0.05) is 4.87 Å². The normalized spacial score (nSPS) is 26.3. The molecular formula is C12H23Cl. The lowest BCUT2D eigenvalue weighted by Gasteiger charge is -2.21. The zero-order chi connectivity index (χ0) is 9.57. The topological polar surface area (TPSA) is 0 Å². The van der Waals surface area contributed by atoms with Gasteiger partial charge in [-0.3, -0.25) is 0 Å². The van der Waals surface area contributed by atoms with Gasteiger partial charge in [0.1, 0.15) is 0 Å². The molecule has 1 aliphatic carbocycles. The van der Waals surface area contributed by atoms with Crippen molar-refractivity contribution in [1.82, 2.24) is 0 Å². The summed E-state index contributed by atoms with van der Waals surface area (Å²) >= 11 is 6.43. The van der Waals surface area contributed by atoms with Gasteiger partial charge in [-0.25, -0.2) is 0 Å². The van der Waals surface area contributed by atoms with Gasteiger partial charge in [-0.1, -0.05) is 51.4 Å². The van der Waals surface area contributed by atoms with Crippen molar-refractivity contribution in [3.05, 3.63) is 0 Å². The van der Waals surface area contributed by atoms with Gasteiger partial charge in [0.2, 0.25) is 0 Å². The maximum Gasteiger partial charge on any atom is 0.0418 e. The zero-order valence-electron chi connectivity index (χ0n) is 8.95. The summed E-state index contributed by atoms with van der Waals surface area (Å²) in [5, 5.41) is 0. The first-order valence-corrected chi connectivity index (χ1v) is 6.27. The molecule has 1 fully saturated rings. The number of halogens is 1. The molecule has 0 aliphatic heterocycles. The first-order chi connectivity index (χ1) is 6.21. The van der Waals surface area contributed by atoms with E-state index in [1.165, 1.54) is 64.2 Å². The van der Waals surface area contributed by atoms with Crippen molar-refractivity contribution in [2.45, 2.75) is 76.0 Å². The van der Waals surface area contributed by atoms with Crippen LogP contribution in [0, 0.1) is 0 Å². The van der Waals surface area contributed by atoms with E-state index in [2.05, 4.69) is 6.92 Å². The molecule has 0 aromatic heterocycles. The van der Waals surface area contributed by atoms with Crippen LogP contribution in [0.5, 0.6) is 0 Å². The lowest BCUT2D eigenvalue weighted by Crippen LogP contribution is -2.15. The van der Waals surface area contributed by atoms with Gasteiger partial charge in [-0.15, -0.1) is 11.6 Å². The fourth-order valence-corrected chi connectivity index (χ4v) is 2.44. The van der Waals surface area contributed by atoms with Crippen molar-refractivity contribution in [1.29, 1.82) is 0 Å². The smallest absolute Gasteiger partial charge is 0.0418 e. The van der Waals surface area contributed by atoms with Crippen LogP contribution in [-0.2, 0) is 0 Å². The maximum atomic E-state index is 6.43. The van der Waals surface area contributed by atoms with Gasteiger partial charge in [0.15, 0.2) is 0 Å². The highest BCUT2D eigenvalue weighted by Gasteiger charge is 2.19. The van der Waals surface area contributed by atoms with Crippen molar-refractivity contribution < 1.29 is 0 Å². The van der Waals surface area contributed by atoms with E-state index < -0.39 is 0 Å². The third-order valence-corrected chi connectivity index (χ3v) is 3.52. The minimum atomic E-state index is 0.102. The predicted octanol–water partition coefficient (Wildman–Crippen LogP) is 4.90. The third-order valence-electron chi connectivity index (χ3n) is 3.15. The van der Waals surface area contributed by atoms with Crippen LogP contribution in [-0.4, -0.2) is 4.87 Å². The van der Waals surface area contributed by atoms with Gasteiger partial charge in [-0.2, -0.15) is 0 Å². The van der Waals surface area contributed by atoms with E-state index in [1.54, 1.807) is 0 Å². The molecular weight excluding hydrogens is 180 g/mol. The molecule has 0 amide bonds. The Kier molecular flexibility index (Phi) is 5.16. The first-order valence-electron chi connectivity index (χ1n) is 5.90. The van der Waals surface area contributed by atoms with E-state index in [0.717, 1.165) is 0 Å². The average molecular weight is 203 g/mol. The lowest BCUT2D eigenvalue weighted by molar-refractivity contribution is 0.479. The zero-order valence-corrected chi connectivity index (χ0v) is 9.70. The third kappa shape index (κ3) is 5.57. The standard InChI is InChI=1S/C12H23Cl/c1-12(13)10-8-6-4-2-3-5-7-9-11-12/h2-11H2,1H3. The SMILES string of the molecule is CC1(Cl)CCCCCCCCCC1. The minimum absolute atomic E-state index is 0.102. The van der Waals surface area contributed by atoms with Gasteiger partial charge in [-0.05, 0) is 19.8 Å². The molecule has 0 N–H and O–H groups in total. The van der Waals surface area contributed by atoms with Crippen LogP contribution in [0.4, 0.5) is 0 Å². The lowest BCUT2D eigenvalue weighted by atomic mass is 9.96. The molecule has 0 heterocycles. The highest BCUT2D eigenvalue weighted by molar-refractivity contribution is 6.23. The fraction of sp³-hybridized carbons (Fsp3) is 1.00. The Bertz CT molecular complexity index is 115. The molecule has 0 aromatic rings. The molecule has 0 spiro atoms. The highest BCUT2D eigenvalue weighted by Crippen LogP contribution is 2.29. The van der Waals surface area contributed by atoms with Gasteiger partial charge in [0.05, 0.1) is 0 Å². The second-order valence-corrected chi connectivity index (χ2v) is 5.65. The Balaban J connectivity index is 2.27. The van der Waals surface area contributed by atoms with E-state index in [1.807, 2.05) is 0 Å². The summed E-state index contributed by atoms with van der Waals surface area (Å²) in [6, 6.07) is 0. The highest BCUT2D eigenvalue weighted by atomic mass is 35.5. The van der Waals surface area contributed by atoms with E-state index in [9.17, 15) is 0 Å². The molecule has 78 valence electrons. The summed E-state index contributed by atoms with van der Waals surface area (Å²) in [5.41, 5.74) is 0. The molecule has 0 saturated heterocycles. The molecule has 1 heteroatoms. The van der Waals surface area contributed by atoms with Crippen LogP contribution in [0.1, 0.15) is 71.1 Å². The van der Waals surface area contributed by atoms with Gasteiger partial charge in [0.25, 0.3) is 0 Å². The summed E-state index contributed by atoms with van der Waals surface area (Å²) < 4.78 is 0. The van der Waals surface area contributed by atoms with Crippen LogP contribution in [0.2, 0.25) is 0 Å². The molecule has 1 aliphatic rings. The second-order valence-electron chi connectivity index (χ2n) is 4.74. The summed E-state index contributed by atoms with van der Waals surface area (Å²) in [4.78, 5) is 0.102. The molecule has 1 rings (SSSR count). The van der Waals surface area contributed by atoms with E-state index in [4.69, 9.17) is 11.6 Å². The van der Waals surface area contributed by atoms with Crippen LogP contribution < -0.4 is 0 Å². The van der Waals surface area contributed by atoms with Crippen molar-refractivity contribution in [3.8, 4) is 0 Å². The van der Waals surface area contributed by atoms with Crippen LogP contribution in [0.3, 0.4) is 0 Å². The molecule has 1 saturated carbocycles. The predicted molar refractivity (Wildman–Crippen MR) is 60.4 cm³/mol. The number of hydrogen-bond acceptors (Lipinski definition) is 0. The Morgan fingerprint density at radius 2 is 1.00 bits per heavy atom. The summed E-state index contributed by atoms with van der Waals surface area (Å²) in [5.74, 6) is 0. The molecule has 13 heavy (non-hydrogen) atoms. The van der Waals surface area contributed by atoms with Crippen LogP contribution >= 0.6 is 11.6 Å². The molecule has 0 unspecified atom stereocenters. The average Bonchev–Trinajstić information content (AvgIpc) is 2.10. The van der Waals surface area contributed by atoms with Crippen molar-refractivity contribution in [2.24, 2.45) is 0 Å². The maximum absolute atomic E-state index is 6.43. The largest absolute Gasteiger partial charge is 0.120 e. The molecule has 0 radical (unpaired) electrons. The second kappa shape index (κ2) is 5.90. The van der Waals surface area contributed by atoms with Crippen molar-refractivity contribution in [3.63, 3.8) is 0 Å². The summed E-state index contributed by atoms with van der Waals surface area (Å²) in [6.45, 7) is 2.21. The molecule has 0 aromatic carbocycles. The Hall–Kier alpha value is 0.290. The van der Waals surface area contributed by atoms with Gasteiger partial charge < -0.3 is 0 Å².